The molecule has 2 aliphatic rings. The molecule has 1 aromatic carbocycles. The third-order valence-electron chi connectivity index (χ3n) is 5.31. The van der Waals surface area contributed by atoms with Crippen LogP contribution >= 0.6 is 0 Å². The topological polar surface area (TPSA) is 29.1 Å². The second kappa shape index (κ2) is 5.99. The fourth-order valence-electron chi connectivity index (χ4n) is 4.24. The Morgan fingerprint density at radius 1 is 1.25 bits per heavy atom. The number of carbonyl (C=O) groups is 1. The fraction of sp³-hybridized carbons (Fsp3) is 0.611. The first-order valence-corrected chi connectivity index (χ1v) is 8.05. The Balaban J connectivity index is 1.44. The van der Waals surface area contributed by atoms with E-state index in [1.165, 1.54) is 31.2 Å². The SMILES string of the molecule is C[C@H](NC(=O)CCc1ccccc1)[C@H]1C[C@@H]2CC[C@@H]1C2. The van der Waals surface area contributed by atoms with Crippen LogP contribution in [-0.2, 0) is 11.2 Å². The molecule has 1 N–H and O–H groups in total. The van der Waals surface area contributed by atoms with Gasteiger partial charge in [-0.2, -0.15) is 0 Å². The van der Waals surface area contributed by atoms with E-state index < -0.39 is 0 Å². The van der Waals surface area contributed by atoms with Crippen LogP contribution in [0.25, 0.3) is 0 Å². The molecule has 0 aliphatic heterocycles. The van der Waals surface area contributed by atoms with Crippen LogP contribution in [0.4, 0.5) is 0 Å². The average Bonchev–Trinajstić information content (AvgIpc) is 3.09. The summed E-state index contributed by atoms with van der Waals surface area (Å²) in [6.07, 6.45) is 7.01. The van der Waals surface area contributed by atoms with E-state index in [0.29, 0.717) is 12.5 Å². The van der Waals surface area contributed by atoms with Gasteiger partial charge >= 0.3 is 0 Å². The Hall–Kier alpha value is -1.31. The largest absolute Gasteiger partial charge is 0.353 e. The van der Waals surface area contributed by atoms with E-state index in [0.717, 1.165) is 24.2 Å². The van der Waals surface area contributed by atoms with Crippen molar-refractivity contribution >= 4 is 5.91 Å². The minimum atomic E-state index is 0.212. The Morgan fingerprint density at radius 2 is 2.05 bits per heavy atom. The minimum Gasteiger partial charge on any atom is -0.353 e. The van der Waals surface area contributed by atoms with E-state index in [1.807, 2.05) is 18.2 Å². The molecule has 2 aliphatic carbocycles. The molecular weight excluding hydrogens is 246 g/mol. The first-order valence-electron chi connectivity index (χ1n) is 8.05. The number of aryl methyl sites for hydroxylation is 1. The van der Waals surface area contributed by atoms with Crippen molar-refractivity contribution in [3.8, 4) is 0 Å². The molecule has 1 aromatic rings. The van der Waals surface area contributed by atoms with Crippen LogP contribution < -0.4 is 5.32 Å². The lowest BCUT2D eigenvalue weighted by Crippen LogP contribution is -2.40. The van der Waals surface area contributed by atoms with Gasteiger partial charge in [0.05, 0.1) is 0 Å². The Bertz CT molecular complexity index is 456. The zero-order valence-corrected chi connectivity index (χ0v) is 12.3. The van der Waals surface area contributed by atoms with E-state index in [9.17, 15) is 4.79 Å². The number of hydrogen-bond donors (Lipinski definition) is 1. The summed E-state index contributed by atoms with van der Waals surface area (Å²) in [5.74, 6) is 2.77. The fourth-order valence-corrected chi connectivity index (χ4v) is 4.24. The van der Waals surface area contributed by atoms with E-state index in [4.69, 9.17) is 0 Å². The molecule has 108 valence electrons. The smallest absolute Gasteiger partial charge is 0.220 e. The Labute approximate surface area is 122 Å². The van der Waals surface area contributed by atoms with Gasteiger partial charge in [-0.15, -0.1) is 0 Å². The lowest BCUT2D eigenvalue weighted by molar-refractivity contribution is -0.122. The highest BCUT2D eigenvalue weighted by molar-refractivity contribution is 5.76. The second-order valence-electron chi connectivity index (χ2n) is 6.68. The Kier molecular flexibility index (Phi) is 4.09. The average molecular weight is 271 g/mol. The molecule has 2 fully saturated rings. The van der Waals surface area contributed by atoms with Gasteiger partial charge in [0.15, 0.2) is 0 Å². The molecule has 20 heavy (non-hydrogen) atoms. The van der Waals surface area contributed by atoms with Crippen LogP contribution in [0, 0.1) is 17.8 Å². The summed E-state index contributed by atoms with van der Waals surface area (Å²) >= 11 is 0. The highest BCUT2D eigenvalue weighted by atomic mass is 16.1. The standard InChI is InChI=1S/C18H25NO/c1-13(17-12-15-7-9-16(17)11-15)19-18(20)10-8-14-5-3-2-4-6-14/h2-6,13,15-17H,7-12H2,1H3,(H,19,20)/t13-,15+,16+,17+/m0/s1. The maximum Gasteiger partial charge on any atom is 0.220 e. The van der Waals surface area contributed by atoms with E-state index >= 15 is 0 Å². The molecule has 0 radical (unpaired) electrons. The third-order valence-corrected chi connectivity index (χ3v) is 5.31. The van der Waals surface area contributed by atoms with Crippen molar-refractivity contribution in [2.45, 2.75) is 51.5 Å². The van der Waals surface area contributed by atoms with Crippen LogP contribution in [0.1, 0.15) is 44.6 Å². The van der Waals surface area contributed by atoms with Crippen molar-refractivity contribution < 1.29 is 4.79 Å². The molecule has 2 saturated carbocycles. The molecule has 2 nitrogen and oxygen atoms in total. The van der Waals surface area contributed by atoms with Crippen molar-refractivity contribution in [1.82, 2.24) is 5.32 Å². The predicted molar refractivity (Wildman–Crippen MR) is 81.3 cm³/mol. The minimum absolute atomic E-state index is 0.212. The molecule has 0 spiro atoms. The summed E-state index contributed by atoms with van der Waals surface area (Å²) in [5.41, 5.74) is 1.25. The van der Waals surface area contributed by atoms with Gasteiger partial charge < -0.3 is 5.32 Å². The van der Waals surface area contributed by atoms with Crippen LogP contribution in [0.2, 0.25) is 0 Å². The lowest BCUT2D eigenvalue weighted by Gasteiger charge is -2.28. The van der Waals surface area contributed by atoms with E-state index in [-0.39, 0.29) is 5.91 Å². The summed E-state index contributed by atoms with van der Waals surface area (Å²) in [5, 5.41) is 3.24. The van der Waals surface area contributed by atoms with Crippen molar-refractivity contribution in [2.24, 2.45) is 17.8 Å². The molecule has 3 rings (SSSR count). The van der Waals surface area contributed by atoms with Crippen LogP contribution in [0.15, 0.2) is 30.3 Å². The zero-order valence-electron chi connectivity index (χ0n) is 12.3. The number of nitrogens with one attached hydrogen (secondary N) is 1. The summed E-state index contributed by atoms with van der Waals surface area (Å²) in [7, 11) is 0. The predicted octanol–water partition coefficient (Wildman–Crippen LogP) is 3.56. The van der Waals surface area contributed by atoms with E-state index in [2.05, 4.69) is 24.4 Å². The highest BCUT2D eigenvalue weighted by Crippen LogP contribution is 2.49. The van der Waals surface area contributed by atoms with Gasteiger partial charge in [-0.05, 0) is 55.9 Å². The monoisotopic (exact) mass is 271 g/mol. The van der Waals surface area contributed by atoms with Gasteiger partial charge in [0.2, 0.25) is 5.91 Å². The molecule has 0 heterocycles. The molecule has 1 amide bonds. The quantitative estimate of drug-likeness (QED) is 0.871. The van der Waals surface area contributed by atoms with Crippen LogP contribution in [-0.4, -0.2) is 11.9 Å². The van der Waals surface area contributed by atoms with Crippen molar-refractivity contribution in [3.63, 3.8) is 0 Å². The summed E-state index contributed by atoms with van der Waals surface area (Å²) in [4.78, 5) is 12.1. The molecule has 2 bridgehead atoms. The van der Waals surface area contributed by atoms with Crippen molar-refractivity contribution in [2.75, 3.05) is 0 Å². The number of benzene rings is 1. The van der Waals surface area contributed by atoms with Crippen LogP contribution in [0.5, 0.6) is 0 Å². The normalized spacial score (nSPS) is 29.4. The lowest BCUT2D eigenvalue weighted by atomic mass is 9.84. The third kappa shape index (κ3) is 3.05. The van der Waals surface area contributed by atoms with Gasteiger partial charge in [0.25, 0.3) is 0 Å². The molecule has 0 aromatic heterocycles. The van der Waals surface area contributed by atoms with Gasteiger partial charge in [0, 0.05) is 12.5 Å². The number of amides is 1. The Morgan fingerprint density at radius 3 is 2.70 bits per heavy atom. The maximum atomic E-state index is 12.1. The second-order valence-corrected chi connectivity index (χ2v) is 6.68. The molecule has 0 unspecified atom stereocenters. The van der Waals surface area contributed by atoms with Gasteiger partial charge in [0.1, 0.15) is 0 Å². The number of hydrogen-bond acceptors (Lipinski definition) is 1. The van der Waals surface area contributed by atoms with Crippen LogP contribution in [0.3, 0.4) is 0 Å². The first-order chi connectivity index (χ1) is 9.72. The molecule has 2 heteroatoms. The highest BCUT2D eigenvalue weighted by Gasteiger charge is 2.41. The van der Waals surface area contributed by atoms with Crippen molar-refractivity contribution in [3.05, 3.63) is 35.9 Å². The number of fused-ring (bicyclic) bond motifs is 2. The molecule has 0 saturated heterocycles. The summed E-state index contributed by atoms with van der Waals surface area (Å²) in [6.45, 7) is 2.20. The summed E-state index contributed by atoms with van der Waals surface area (Å²) < 4.78 is 0. The molecular formula is C18H25NO. The maximum absolute atomic E-state index is 12.1. The van der Waals surface area contributed by atoms with Gasteiger partial charge in [-0.25, -0.2) is 0 Å². The van der Waals surface area contributed by atoms with Crippen molar-refractivity contribution in [1.29, 1.82) is 0 Å². The number of rotatable bonds is 5. The van der Waals surface area contributed by atoms with Gasteiger partial charge in [-0.3, -0.25) is 4.79 Å². The van der Waals surface area contributed by atoms with E-state index in [1.54, 1.807) is 0 Å². The number of carbonyl (C=O) groups excluding carboxylic acids is 1. The van der Waals surface area contributed by atoms with Gasteiger partial charge in [-0.1, -0.05) is 36.8 Å². The zero-order chi connectivity index (χ0) is 13.9. The summed E-state index contributed by atoms with van der Waals surface area (Å²) in [6, 6.07) is 10.6. The first kappa shape index (κ1) is 13.7. The molecule has 4 atom stereocenters.